The Hall–Kier alpha value is -3.20. The third kappa shape index (κ3) is 5.64. The fourth-order valence-electron chi connectivity index (χ4n) is 3.13. The van der Waals surface area contributed by atoms with Crippen molar-refractivity contribution in [2.24, 2.45) is 0 Å². The van der Waals surface area contributed by atoms with Gasteiger partial charge in [-0.2, -0.15) is 0 Å². The van der Waals surface area contributed by atoms with Gasteiger partial charge in [-0.15, -0.1) is 0 Å². The first-order chi connectivity index (χ1) is 14.1. The van der Waals surface area contributed by atoms with Gasteiger partial charge in [-0.1, -0.05) is 92.7 Å². The largest absolute Gasteiger partial charge is 0.457 e. The van der Waals surface area contributed by atoms with Crippen LogP contribution < -0.4 is 0 Å². The topological polar surface area (TPSA) is 43.4 Å². The smallest absolute Gasteiger partial charge is 0.310 e. The van der Waals surface area contributed by atoms with Crippen LogP contribution in [-0.2, 0) is 16.0 Å². The molecule has 148 valence electrons. The molecule has 3 rings (SSSR count). The van der Waals surface area contributed by atoms with E-state index in [-0.39, 0.29) is 18.8 Å². The predicted molar refractivity (Wildman–Crippen MR) is 116 cm³/mol. The Morgan fingerprint density at radius 3 is 2.07 bits per heavy atom. The van der Waals surface area contributed by atoms with Crippen molar-refractivity contribution in [3.63, 3.8) is 0 Å². The molecule has 0 bridgehead atoms. The van der Waals surface area contributed by atoms with Gasteiger partial charge >= 0.3 is 5.97 Å². The van der Waals surface area contributed by atoms with E-state index in [9.17, 15) is 9.59 Å². The van der Waals surface area contributed by atoms with Gasteiger partial charge < -0.3 is 4.74 Å². The lowest BCUT2D eigenvalue weighted by Gasteiger charge is -2.10. The Labute approximate surface area is 172 Å². The van der Waals surface area contributed by atoms with Crippen LogP contribution in [0.2, 0.25) is 0 Å². The first-order valence-electron chi connectivity index (χ1n) is 10.00. The van der Waals surface area contributed by atoms with Crippen LogP contribution in [0, 0.1) is 0 Å². The number of carbonyl (C=O) groups is 2. The molecule has 0 amide bonds. The number of carbonyl (C=O) groups excluding carboxylic acids is 2. The Balaban J connectivity index is 1.51. The summed E-state index contributed by atoms with van der Waals surface area (Å²) < 4.78 is 5.19. The van der Waals surface area contributed by atoms with Crippen molar-refractivity contribution in [1.82, 2.24) is 0 Å². The van der Waals surface area contributed by atoms with E-state index in [1.165, 1.54) is 5.56 Å². The van der Waals surface area contributed by atoms with E-state index >= 15 is 0 Å². The highest BCUT2D eigenvalue weighted by Gasteiger charge is 2.12. The standard InChI is InChI=1S/C26H26O3/c1-3-19(2)21-13-15-24(16-14-21)25(27)18-29-26(28)17-20-9-11-23(12-10-20)22-7-5-4-6-8-22/h4-16,19H,3,17-18H2,1-2H3/t19-/m1/s1. The van der Waals surface area contributed by atoms with E-state index in [1.807, 2.05) is 66.7 Å². The van der Waals surface area contributed by atoms with Crippen LogP contribution in [0.1, 0.15) is 47.7 Å². The van der Waals surface area contributed by atoms with Crippen LogP contribution in [0.25, 0.3) is 11.1 Å². The zero-order valence-electron chi connectivity index (χ0n) is 16.9. The number of esters is 1. The molecule has 1 atom stereocenters. The van der Waals surface area contributed by atoms with Gasteiger partial charge in [0.2, 0.25) is 0 Å². The Morgan fingerprint density at radius 2 is 1.45 bits per heavy atom. The summed E-state index contributed by atoms with van der Waals surface area (Å²) in [7, 11) is 0. The van der Waals surface area contributed by atoms with Gasteiger partial charge in [0.05, 0.1) is 6.42 Å². The molecular weight excluding hydrogens is 360 g/mol. The maximum absolute atomic E-state index is 12.3. The van der Waals surface area contributed by atoms with Crippen molar-refractivity contribution >= 4 is 11.8 Å². The van der Waals surface area contributed by atoms with Crippen molar-refractivity contribution < 1.29 is 14.3 Å². The quantitative estimate of drug-likeness (QED) is 0.361. The molecule has 3 aromatic carbocycles. The van der Waals surface area contributed by atoms with Gasteiger partial charge in [-0.25, -0.2) is 0 Å². The minimum Gasteiger partial charge on any atom is -0.457 e. The molecule has 0 aliphatic rings. The van der Waals surface area contributed by atoms with Gasteiger partial charge in [-0.3, -0.25) is 9.59 Å². The number of ether oxygens (including phenoxy) is 1. The maximum Gasteiger partial charge on any atom is 0.310 e. The normalized spacial score (nSPS) is 11.7. The number of Topliss-reactive ketones (excluding diaryl/α,β-unsaturated/α-hetero) is 1. The summed E-state index contributed by atoms with van der Waals surface area (Å²) in [6.45, 7) is 4.06. The van der Waals surface area contributed by atoms with Crippen molar-refractivity contribution in [3.8, 4) is 11.1 Å². The first-order valence-corrected chi connectivity index (χ1v) is 10.00. The lowest BCUT2D eigenvalue weighted by atomic mass is 9.97. The summed E-state index contributed by atoms with van der Waals surface area (Å²) in [5, 5.41) is 0. The fourth-order valence-corrected chi connectivity index (χ4v) is 3.13. The minimum atomic E-state index is -0.401. The maximum atomic E-state index is 12.3. The number of rotatable bonds is 8. The molecule has 0 aliphatic heterocycles. The molecule has 0 aliphatic carbocycles. The van der Waals surface area contributed by atoms with Gasteiger partial charge in [-0.05, 0) is 34.6 Å². The van der Waals surface area contributed by atoms with E-state index in [1.54, 1.807) is 12.1 Å². The second kappa shape index (κ2) is 9.83. The molecule has 0 fully saturated rings. The predicted octanol–water partition coefficient (Wildman–Crippen LogP) is 5.84. The number of ketones is 1. The summed E-state index contributed by atoms with van der Waals surface area (Å²) in [4.78, 5) is 24.4. The average Bonchev–Trinajstić information content (AvgIpc) is 2.78. The molecular formula is C26H26O3. The third-order valence-electron chi connectivity index (χ3n) is 5.19. The molecule has 0 heterocycles. The molecule has 29 heavy (non-hydrogen) atoms. The van der Waals surface area contributed by atoms with Gasteiger partial charge in [0.1, 0.15) is 0 Å². The Kier molecular flexibility index (Phi) is 6.96. The van der Waals surface area contributed by atoms with Gasteiger partial charge in [0.15, 0.2) is 12.4 Å². The summed E-state index contributed by atoms with van der Waals surface area (Å²) in [5.74, 6) is -0.124. The molecule has 0 spiro atoms. The second-order valence-corrected chi connectivity index (χ2v) is 7.25. The van der Waals surface area contributed by atoms with Crippen LogP contribution in [0.4, 0.5) is 0 Å². The van der Waals surface area contributed by atoms with Crippen LogP contribution >= 0.6 is 0 Å². The van der Waals surface area contributed by atoms with Gasteiger partial charge in [0, 0.05) is 5.56 Å². The zero-order valence-corrected chi connectivity index (χ0v) is 16.9. The number of hydrogen-bond acceptors (Lipinski definition) is 3. The SMILES string of the molecule is CC[C@@H](C)c1ccc(C(=O)COC(=O)Cc2ccc(-c3ccccc3)cc2)cc1. The zero-order chi connectivity index (χ0) is 20.6. The monoisotopic (exact) mass is 386 g/mol. The average molecular weight is 386 g/mol. The molecule has 3 heteroatoms. The fraction of sp³-hybridized carbons (Fsp3) is 0.231. The molecule has 0 unspecified atom stereocenters. The van der Waals surface area contributed by atoms with E-state index < -0.39 is 5.97 Å². The molecule has 0 aromatic heterocycles. The van der Waals surface area contributed by atoms with Gasteiger partial charge in [0.25, 0.3) is 0 Å². The van der Waals surface area contributed by atoms with E-state index in [0.29, 0.717) is 11.5 Å². The third-order valence-corrected chi connectivity index (χ3v) is 5.19. The highest BCUT2D eigenvalue weighted by molar-refractivity contribution is 5.98. The summed E-state index contributed by atoms with van der Waals surface area (Å²) >= 11 is 0. The Morgan fingerprint density at radius 1 is 0.828 bits per heavy atom. The number of hydrogen-bond donors (Lipinski definition) is 0. The molecule has 0 saturated heterocycles. The van der Waals surface area contributed by atoms with Crippen LogP contribution in [0.3, 0.4) is 0 Å². The van der Waals surface area contributed by atoms with E-state index in [4.69, 9.17) is 4.74 Å². The molecule has 3 aromatic rings. The van der Waals surface area contributed by atoms with Crippen molar-refractivity contribution in [3.05, 3.63) is 95.6 Å². The first kappa shape index (κ1) is 20.5. The highest BCUT2D eigenvalue weighted by atomic mass is 16.5. The van der Waals surface area contributed by atoms with Crippen LogP contribution in [-0.4, -0.2) is 18.4 Å². The summed E-state index contributed by atoms with van der Waals surface area (Å²) in [5.41, 5.74) is 4.86. The highest BCUT2D eigenvalue weighted by Crippen LogP contribution is 2.20. The van der Waals surface area contributed by atoms with Crippen LogP contribution in [0.5, 0.6) is 0 Å². The number of benzene rings is 3. The molecule has 0 radical (unpaired) electrons. The lowest BCUT2D eigenvalue weighted by Crippen LogP contribution is -2.15. The van der Waals surface area contributed by atoms with Crippen molar-refractivity contribution in [1.29, 1.82) is 0 Å². The van der Waals surface area contributed by atoms with E-state index in [2.05, 4.69) is 13.8 Å². The van der Waals surface area contributed by atoms with Crippen molar-refractivity contribution in [2.45, 2.75) is 32.6 Å². The molecule has 0 N–H and O–H groups in total. The second-order valence-electron chi connectivity index (χ2n) is 7.25. The van der Waals surface area contributed by atoms with Crippen LogP contribution in [0.15, 0.2) is 78.9 Å². The lowest BCUT2D eigenvalue weighted by molar-refractivity contribution is -0.141. The summed E-state index contributed by atoms with van der Waals surface area (Å²) in [6.07, 6.45) is 1.20. The minimum absolute atomic E-state index is 0.148. The molecule has 0 saturated carbocycles. The van der Waals surface area contributed by atoms with E-state index in [0.717, 1.165) is 23.1 Å². The molecule has 3 nitrogen and oxygen atoms in total. The Bertz CT molecular complexity index is 942. The van der Waals surface area contributed by atoms with Crippen molar-refractivity contribution in [2.75, 3.05) is 6.61 Å². The summed E-state index contributed by atoms with van der Waals surface area (Å²) in [6, 6.07) is 25.4.